The van der Waals surface area contributed by atoms with E-state index in [1.807, 2.05) is 21.1 Å². The molecule has 0 spiro atoms. The smallest absolute Gasteiger partial charge is 0.391 e. The Morgan fingerprint density at radius 1 is 0.500 bits per heavy atom. The summed E-state index contributed by atoms with van der Waals surface area (Å²) >= 11 is 0. The Balaban J connectivity index is 4.07. The van der Waals surface area contributed by atoms with Crippen LogP contribution in [0.1, 0.15) is 296 Å². The minimum Gasteiger partial charge on any atom is -0.391 e. The number of nitrogens with one attached hydrogen (secondary N) is 1. The Morgan fingerprint density at radius 2 is 0.838 bits per heavy atom. The summed E-state index contributed by atoms with van der Waals surface area (Å²) in [4.78, 5) is 23.3. The quantitative estimate of drug-likeness (QED) is 0.0243. The molecule has 0 rings (SSSR count). The molecule has 0 heterocycles. The second-order valence-corrected chi connectivity index (χ2v) is 23.2. The van der Waals surface area contributed by atoms with Crippen molar-refractivity contribution in [2.24, 2.45) is 0 Å². The number of allylic oxidation sites excluding steroid dienone is 4. The molecular weight excluding hydrogens is 864 g/mol. The Kier molecular flexibility index (Phi) is 50.1. The number of quaternary nitrogens is 1. The first-order chi connectivity index (χ1) is 33.0. The lowest BCUT2D eigenvalue weighted by Gasteiger charge is -2.26. The summed E-state index contributed by atoms with van der Waals surface area (Å²) in [6.07, 6.45) is 63.8. The van der Waals surface area contributed by atoms with Crippen molar-refractivity contribution in [1.29, 1.82) is 0 Å². The highest BCUT2D eigenvalue weighted by Crippen LogP contribution is 2.43. The van der Waals surface area contributed by atoms with Crippen molar-refractivity contribution in [1.82, 2.24) is 5.32 Å². The van der Waals surface area contributed by atoms with Gasteiger partial charge in [-0.2, -0.15) is 0 Å². The normalized spacial score (nSPS) is 14.0. The molecule has 0 aliphatic heterocycles. The van der Waals surface area contributed by atoms with Gasteiger partial charge in [-0.05, 0) is 44.9 Å². The maximum Gasteiger partial charge on any atom is 0.472 e. The van der Waals surface area contributed by atoms with Crippen LogP contribution >= 0.6 is 7.82 Å². The van der Waals surface area contributed by atoms with E-state index in [0.717, 1.165) is 44.9 Å². The van der Waals surface area contributed by atoms with E-state index >= 15 is 0 Å². The van der Waals surface area contributed by atoms with Crippen LogP contribution in [0.3, 0.4) is 0 Å². The first-order valence-corrected chi connectivity index (χ1v) is 31.2. The predicted molar refractivity (Wildman–Crippen MR) is 295 cm³/mol. The number of unbranched alkanes of at least 4 members (excludes halogenated alkanes) is 38. The van der Waals surface area contributed by atoms with Crippen LogP contribution in [0.4, 0.5) is 0 Å². The van der Waals surface area contributed by atoms with Gasteiger partial charge >= 0.3 is 7.82 Å². The molecular formula is C59H118N2O6P+. The van der Waals surface area contributed by atoms with E-state index in [0.29, 0.717) is 23.9 Å². The van der Waals surface area contributed by atoms with E-state index in [-0.39, 0.29) is 19.1 Å². The molecule has 0 bridgehead atoms. The summed E-state index contributed by atoms with van der Waals surface area (Å²) in [7, 11) is 1.63. The molecule has 9 heteroatoms. The summed E-state index contributed by atoms with van der Waals surface area (Å²) in [5, 5.41) is 14.1. The zero-order valence-electron chi connectivity index (χ0n) is 46.1. The first-order valence-electron chi connectivity index (χ1n) is 29.7. The van der Waals surface area contributed by atoms with Crippen molar-refractivity contribution >= 4 is 13.7 Å². The number of phosphoric ester groups is 1. The Hall–Kier alpha value is -1.02. The molecule has 0 aromatic carbocycles. The molecule has 68 heavy (non-hydrogen) atoms. The second kappa shape index (κ2) is 50.9. The maximum absolute atomic E-state index is 13.0. The van der Waals surface area contributed by atoms with E-state index in [4.69, 9.17) is 9.05 Å². The third-order valence-electron chi connectivity index (χ3n) is 13.7. The van der Waals surface area contributed by atoms with Crippen LogP contribution in [0.15, 0.2) is 24.3 Å². The average Bonchev–Trinajstić information content (AvgIpc) is 3.30. The Labute approximate surface area is 424 Å². The minimum atomic E-state index is -4.32. The third kappa shape index (κ3) is 52.8. The SMILES string of the molecule is CCCCCCC/C=C\C/C=C\CCCCCCCCCCCCCCCCCCCC(=O)NC(COP(=O)(O)OCC[N+](C)(C)C)C(O)CCCCCCCCCCCCCCCCCCC. The molecule has 0 aromatic rings. The Morgan fingerprint density at radius 3 is 1.21 bits per heavy atom. The predicted octanol–water partition coefficient (Wildman–Crippen LogP) is 18.0. The average molecular weight is 983 g/mol. The van der Waals surface area contributed by atoms with E-state index in [1.165, 1.54) is 225 Å². The molecule has 0 aliphatic carbocycles. The minimum absolute atomic E-state index is 0.0769. The number of phosphoric acid groups is 1. The van der Waals surface area contributed by atoms with Gasteiger partial charge in [0.15, 0.2) is 0 Å². The molecule has 3 atom stereocenters. The topological polar surface area (TPSA) is 105 Å². The molecule has 0 aliphatic rings. The van der Waals surface area contributed by atoms with Crippen LogP contribution in [0.5, 0.6) is 0 Å². The van der Waals surface area contributed by atoms with E-state index in [1.54, 1.807) is 0 Å². The highest BCUT2D eigenvalue weighted by molar-refractivity contribution is 7.47. The number of carbonyl (C=O) groups is 1. The third-order valence-corrected chi connectivity index (χ3v) is 14.7. The summed E-state index contributed by atoms with van der Waals surface area (Å²) in [5.74, 6) is -0.139. The molecule has 3 N–H and O–H groups in total. The number of aliphatic hydroxyl groups excluding tert-OH is 1. The maximum atomic E-state index is 13.0. The standard InChI is InChI=1S/C59H117N2O6P/c1-6-8-10-12-14-16-18-20-22-24-25-26-27-28-29-30-31-32-33-34-35-37-39-41-43-45-47-49-51-53-59(63)60-57(56-67-68(64,65)66-55-54-61(3,4)5)58(62)52-50-48-46-44-42-40-38-36-23-21-19-17-15-13-11-9-7-2/h18,20,24-25,57-58,62H,6-17,19,21-23,26-56H2,1-5H3,(H-,60,63,64,65)/p+1/b20-18-,25-24-. The van der Waals surface area contributed by atoms with Crippen molar-refractivity contribution in [3.05, 3.63) is 24.3 Å². The van der Waals surface area contributed by atoms with Crippen LogP contribution in [0.25, 0.3) is 0 Å². The molecule has 0 radical (unpaired) electrons. The molecule has 0 fully saturated rings. The number of aliphatic hydroxyl groups is 1. The molecule has 1 amide bonds. The van der Waals surface area contributed by atoms with Gasteiger partial charge in [0, 0.05) is 6.42 Å². The largest absolute Gasteiger partial charge is 0.472 e. The fourth-order valence-corrected chi connectivity index (χ4v) is 9.76. The fraction of sp³-hybridized carbons (Fsp3) is 0.915. The number of amides is 1. The molecule has 0 aromatic heterocycles. The molecule has 3 unspecified atom stereocenters. The van der Waals surface area contributed by atoms with Crippen molar-refractivity contribution in [2.45, 2.75) is 309 Å². The molecule has 0 saturated heterocycles. The zero-order valence-corrected chi connectivity index (χ0v) is 47.0. The van der Waals surface area contributed by atoms with Gasteiger partial charge in [-0.25, -0.2) is 4.57 Å². The van der Waals surface area contributed by atoms with Gasteiger partial charge in [0.05, 0.1) is 39.9 Å². The van der Waals surface area contributed by atoms with E-state index in [2.05, 4.69) is 43.5 Å². The highest BCUT2D eigenvalue weighted by Gasteiger charge is 2.28. The Bertz CT molecular complexity index is 1160. The molecule has 0 saturated carbocycles. The lowest BCUT2D eigenvalue weighted by Crippen LogP contribution is -2.46. The highest BCUT2D eigenvalue weighted by atomic mass is 31.2. The lowest BCUT2D eigenvalue weighted by molar-refractivity contribution is -0.870. The monoisotopic (exact) mass is 982 g/mol. The summed E-state index contributed by atoms with van der Waals surface area (Å²) in [5.41, 5.74) is 0. The molecule has 8 nitrogen and oxygen atoms in total. The number of rotatable bonds is 55. The number of nitrogens with zero attached hydrogens (tertiary/aromatic N) is 1. The second-order valence-electron chi connectivity index (χ2n) is 21.7. The summed E-state index contributed by atoms with van der Waals surface area (Å²) in [6, 6.07) is -0.758. The lowest BCUT2D eigenvalue weighted by atomic mass is 10.0. The number of hydrogen-bond acceptors (Lipinski definition) is 5. The van der Waals surface area contributed by atoms with Crippen molar-refractivity contribution < 1.29 is 32.9 Å². The van der Waals surface area contributed by atoms with Crippen LogP contribution in [-0.2, 0) is 18.4 Å². The first kappa shape index (κ1) is 67.0. The van der Waals surface area contributed by atoms with Gasteiger partial charge in [0.2, 0.25) is 5.91 Å². The van der Waals surface area contributed by atoms with Gasteiger partial charge in [-0.15, -0.1) is 0 Å². The zero-order chi connectivity index (χ0) is 49.9. The van der Waals surface area contributed by atoms with Gasteiger partial charge < -0.3 is 19.8 Å². The van der Waals surface area contributed by atoms with Crippen molar-refractivity contribution in [3.63, 3.8) is 0 Å². The summed E-state index contributed by atoms with van der Waals surface area (Å²) in [6.45, 7) is 4.92. The van der Waals surface area contributed by atoms with E-state index in [9.17, 15) is 19.4 Å². The van der Waals surface area contributed by atoms with Crippen LogP contribution < -0.4 is 5.32 Å². The van der Waals surface area contributed by atoms with Gasteiger partial charge in [-0.3, -0.25) is 13.8 Å². The van der Waals surface area contributed by atoms with Gasteiger partial charge in [0.25, 0.3) is 0 Å². The van der Waals surface area contributed by atoms with Crippen LogP contribution in [0, 0.1) is 0 Å². The van der Waals surface area contributed by atoms with Crippen LogP contribution in [0.2, 0.25) is 0 Å². The van der Waals surface area contributed by atoms with Crippen LogP contribution in [-0.4, -0.2) is 73.4 Å². The van der Waals surface area contributed by atoms with Crippen molar-refractivity contribution in [2.75, 3.05) is 40.9 Å². The number of hydrogen-bond donors (Lipinski definition) is 3. The van der Waals surface area contributed by atoms with Crippen molar-refractivity contribution in [3.8, 4) is 0 Å². The van der Waals surface area contributed by atoms with Gasteiger partial charge in [-0.1, -0.05) is 269 Å². The number of carbonyl (C=O) groups excluding carboxylic acids is 1. The fourth-order valence-electron chi connectivity index (χ4n) is 9.02. The molecule has 404 valence electrons. The number of likely N-dealkylation sites (N-methyl/N-ethyl adjacent to an activating group) is 1. The van der Waals surface area contributed by atoms with Gasteiger partial charge in [0.1, 0.15) is 13.2 Å². The van der Waals surface area contributed by atoms with E-state index < -0.39 is 20.0 Å². The summed E-state index contributed by atoms with van der Waals surface area (Å²) < 4.78 is 23.8.